The topological polar surface area (TPSA) is 91.2 Å². The highest BCUT2D eigenvalue weighted by atomic mass is 16.5. The third-order valence-electron chi connectivity index (χ3n) is 5.28. The van der Waals surface area contributed by atoms with E-state index in [1.807, 2.05) is 55.5 Å². The number of hydrogen-bond acceptors (Lipinski definition) is 6. The fourth-order valence-corrected chi connectivity index (χ4v) is 3.67. The molecule has 5 rings (SSSR count). The zero-order valence-electron chi connectivity index (χ0n) is 18.2. The Labute approximate surface area is 191 Å². The second-order valence-electron chi connectivity index (χ2n) is 7.53. The fourth-order valence-electron chi connectivity index (χ4n) is 3.67. The molecule has 0 spiro atoms. The molecule has 0 saturated carbocycles. The Morgan fingerprint density at radius 1 is 1.00 bits per heavy atom. The van der Waals surface area contributed by atoms with Crippen molar-refractivity contribution in [3.63, 3.8) is 0 Å². The van der Waals surface area contributed by atoms with Crippen molar-refractivity contribution in [2.24, 2.45) is 0 Å². The first-order valence-electron chi connectivity index (χ1n) is 10.8. The minimum atomic E-state index is -0.123. The lowest BCUT2D eigenvalue weighted by molar-refractivity contribution is 0.0924. The highest BCUT2D eigenvalue weighted by Crippen LogP contribution is 2.33. The van der Waals surface area contributed by atoms with Crippen molar-refractivity contribution >= 4 is 5.91 Å². The van der Waals surface area contributed by atoms with Crippen molar-refractivity contribution in [3.8, 4) is 34.3 Å². The number of aromatic nitrogens is 4. The van der Waals surface area contributed by atoms with Crippen LogP contribution in [0.1, 0.15) is 23.0 Å². The SMILES string of the molecule is CCOc1cc(-c2nccc(-c3cc4n(n3)CCNC4=O)n2)ccc1OCc1ccccc1. The van der Waals surface area contributed by atoms with E-state index in [0.29, 0.717) is 60.7 Å². The zero-order valence-corrected chi connectivity index (χ0v) is 18.2. The standard InChI is InChI=1S/C25H23N5O3/c1-2-32-23-14-18(8-9-22(23)33-16-17-6-4-3-5-7-17)24-26-11-10-19(28-24)20-15-21-25(31)27-12-13-30(21)29-20/h3-11,14-15H,2,12-13,16H2,1H3,(H,27,31). The normalized spacial score (nSPS) is 12.7. The molecular formula is C25H23N5O3. The second kappa shape index (κ2) is 9.12. The molecule has 0 atom stereocenters. The summed E-state index contributed by atoms with van der Waals surface area (Å²) in [5.74, 6) is 1.71. The molecule has 0 unspecified atom stereocenters. The van der Waals surface area contributed by atoms with Crippen LogP contribution in [-0.2, 0) is 13.2 Å². The monoisotopic (exact) mass is 441 g/mol. The Balaban J connectivity index is 1.42. The highest BCUT2D eigenvalue weighted by Gasteiger charge is 2.20. The van der Waals surface area contributed by atoms with Crippen LogP contribution < -0.4 is 14.8 Å². The first-order chi connectivity index (χ1) is 16.2. The van der Waals surface area contributed by atoms with Gasteiger partial charge in [-0.1, -0.05) is 30.3 Å². The van der Waals surface area contributed by atoms with E-state index >= 15 is 0 Å². The first-order valence-corrected chi connectivity index (χ1v) is 10.8. The number of amides is 1. The fraction of sp³-hybridized carbons (Fsp3) is 0.200. The van der Waals surface area contributed by atoms with Crippen LogP contribution in [0, 0.1) is 0 Å². The number of nitrogens with one attached hydrogen (secondary N) is 1. The van der Waals surface area contributed by atoms with Gasteiger partial charge in [-0.2, -0.15) is 5.10 Å². The highest BCUT2D eigenvalue weighted by molar-refractivity contribution is 5.94. The van der Waals surface area contributed by atoms with Crippen LogP contribution >= 0.6 is 0 Å². The van der Waals surface area contributed by atoms with Crippen LogP contribution in [0.4, 0.5) is 0 Å². The lowest BCUT2D eigenvalue weighted by Crippen LogP contribution is -2.35. The molecule has 4 aromatic rings. The van der Waals surface area contributed by atoms with Crippen LogP contribution in [0.25, 0.3) is 22.8 Å². The van der Waals surface area contributed by atoms with Gasteiger partial charge in [-0.05, 0) is 42.8 Å². The lowest BCUT2D eigenvalue weighted by Gasteiger charge is -2.13. The maximum Gasteiger partial charge on any atom is 0.269 e. The lowest BCUT2D eigenvalue weighted by atomic mass is 10.1. The molecule has 166 valence electrons. The zero-order chi connectivity index (χ0) is 22.6. The van der Waals surface area contributed by atoms with E-state index in [1.54, 1.807) is 23.0 Å². The summed E-state index contributed by atoms with van der Waals surface area (Å²) in [6.07, 6.45) is 1.69. The molecule has 1 amide bonds. The second-order valence-corrected chi connectivity index (χ2v) is 7.53. The van der Waals surface area contributed by atoms with Gasteiger partial charge in [0, 0.05) is 18.3 Å². The van der Waals surface area contributed by atoms with E-state index in [2.05, 4.69) is 15.4 Å². The summed E-state index contributed by atoms with van der Waals surface area (Å²) < 4.78 is 13.5. The maximum atomic E-state index is 12.1. The number of nitrogens with zero attached hydrogens (tertiary/aromatic N) is 4. The first kappa shape index (κ1) is 20.7. The summed E-state index contributed by atoms with van der Waals surface area (Å²) >= 11 is 0. The van der Waals surface area contributed by atoms with E-state index in [4.69, 9.17) is 14.5 Å². The number of ether oxygens (including phenoxy) is 2. The number of fused-ring (bicyclic) bond motifs is 1. The van der Waals surface area contributed by atoms with E-state index in [1.165, 1.54) is 0 Å². The number of hydrogen-bond donors (Lipinski definition) is 1. The van der Waals surface area contributed by atoms with Crippen molar-refractivity contribution in [3.05, 3.63) is 78.1 Å². The van der Waals surface area contributed by atoms with Gasteiger partial charge in [0.25, 0.3) is 5.91 Å². The van der Waals surface area contributed by atoms with E-state index in [-0.39, 0.29) is 5.91 Å². The molecule has 1 aliphatic heterocycles. The van der Waals surface area contributed by atoms with Crippen LogP contribution in [0.2, 0.25) is 0 Å². The van der Waals surface area contributed by atoms with Gasteiger partial charge in [0.1, 0.15) is 18.0 Å². The smallest absolute Gasteiger partial charge is 0.269 e. The summed E-state index contributed by atoms with van der Waals surface area (Å²) in [5.41, 5.74) is 3.70. The van der Waals surface area contributed by atoms with Gasteiger partial charge in [-0.25, -0.2) is 9.97 Å². The van der Waals surface area contributed by atoms with Crippen molar-refractivity contribution < 1.29 is 14.3 Å². The minimum absolute atomic E-state index is 0.123. The number of carbonyl (C=O) groups is 1. The third-order valence-corrected chi connectivity index (χ3v) is 5.28. The van der Waals surface area contributed by atoms with Crippen LogP contribution in [0.5, 0.6) is 11.5 Å². The van der Waals surface area contributed by atoms with E-state index in [9.17, 15) is 4.79 Å². The molecule has 1 aliphatic rings. The Morgan fingerprint density at radius 3 is 2.70 bits per heavy atom. The summed E-state index contributed by atoms with van der Waals surface area (Å²) in [6.45, 7) is 4.10. The van der Waals surface area contributed by atoms with Crippen LogP contribution in [-0.4, -0.2) is 38.8 Å². The minimum Gasteiger partial charge on any atom is -0.490 e. The summed E-state index contributed by atoms with van der Waals surface area (Å²) in [6, 6.07) is 19.2. The molecule has 0 aliphatic carbocycles. The molecule has 2 aromatic heterocycles. The van der Waals surface area contributed by atoms with E-state index in [0.717, 1.165) is 11.1 Å². The number of benzene rings is 2. The Kier molecular flexibility index (Phi) is 5.72. The summed E-state index contributed by atoms with van der Waals surface area (Å²) in [7, 11) is 0. The Hall–Kier alpha value is -4.20. The van der Waals surface area contributed by atoms with Gasteiger partial charge in [0.05, 0.1) is 18.8 Å². The van der Waals surface area contributed by atoms with Gasteiger partial charge in [-0.15, -0.1) is 0 Å². The van der Waals surface area contributed by atoms with Gasteiger partial charge < -0.3 is 14.8 Å². The molecule has 0 bridgehead atoms. The van der Waals surface area contributed by atoms with Gasteiger partial charge in [0.2, 0.25) is 0 Å². The average Bonchev–Trinajstić information content (AvgIpc) is 3.30. The average molecular weight is 441 g/mol. The van der Waals surface area contributed by atoms with Gasteiger partial charge in [0.15, 0.2) is 17.3 Å². The van der Waals surface area contributed by atoms with Gasteiger partial charge >= 0.3 is 0 Å². The number of rotatable bonds is 7. The molecular weight excluding hydrogens is 418 g/mol. The van der Waals surface area contributed by atoms with Gasteiger partial charge in [-0.3, -0.25) is 9.48 Å². The molecule has 1 N–H and O–H groups in total. The third kappa shape index (κ3) is 4.41. The van der Waals surface area contributed by atoms with E-state index < -0.39 is 0 Å². The molecule has 33 heavy (non-hydrogen) atoms. The largest absolute Gasteiger partial charge is 0.490 e. The predicted octanol–water partition coefficient (Wildman–Crippen LogP) is 3.73. The van der Waals surface area contributed by atoms with Crippen molar-refractivity contribution in [2.45, 2.75) is 20.1 Å². The predicted molar refractivity (Wildman–Crippen MR) is 123 cm³/mol. The van der Waals surface area contributed by atoms with Crippen molar-refractivity contribution in [1.82, 2.24) is 25.1 Å². The van der Waals surface area contributed by atoms with Crippen LogP contribution in [0.3, 0.4) is 0 Å². The number of carbonyl (C=O) groups excluding carboxylic acids is 1. The van der Waals surface area contributed by atoms with Crippen molar-refractivity contribution in [2.75, 3.05) is 13.2 Å². The molecule has 0 radical (unpaired) electrons. The molecule has 2 aromatic carbocycles. The van der Waals surface area contributed by atoms with Crippen molar-refractivity contribution in [1.29, 1.82) is 0 Å². The molecule has 8 nitrogen and oxygen atoms in total. The molecule has 0 saturated heterocycles. The summed E-state index contributed by atoms with van der Waals surface area (Å²) in [4.78, 5) is 21.2. The molecule has 3 heterocycles. The Bertz CT molecular complexity index is 1290. The maximum absolute atomic E-state index is 12.1. The Morgan fingerprint density at radius 2 is 1.88 bits per heavy atom. The van der Waals surface area contributed by atoms with Crippen LogP contribution in [0.15, 0.2) is 66.9 Å². The quantitative estimate of drug-likeness (QED) is 0.470. The summed E-state index contributed by atoms with van der Waals surface area (Å²) in [5, 5.41) is 7.37. The molecule has 0 fully saturated rings. The molecule has 8 heteroatoms.